The monoisotopic (exact) mass is 1170 g/mol. The van der Waals surface area contributed by atoms with Gasteiger partial charge >= 0.3 is 21.0 Å². The molecule has 27 heteroatoms. The normalized spacial score (nSPS) is 16.6. The fourth-order valence-corrected chi connectivity index (χ4v) is 9.48. The fraction of sp³-hybridized carbons (Fsp3) is 0.380. The molecule has 2 unspecified atom stereocenters. The van der Waals surface area contributed by atoms with Crippen molar-refractivity contribution in [1.82, 2.24) is 20.1 Å². The van der Waals surface area contributed by atoms with Gasteiger partial charge in [0.15, 0.2) is 5.82 Å². The molecule has 5 aromatic rings. The van der Waals surface area contributed by atoms with Crippen LogP contribution in [0.4, 0.5) is 49.7 Å². The smallest absolute Gasteiger partial charge is 0.427 e. The zero-order valence-corrected chi connectivity index (χ0v) is 45.6. The molecule has 1 saturated carbocycles. The molecule has 0 aliphatic heterocycles. The van der Waals surface area contributed by atoms with Crippen LogP contribution in [0.15, 0.2) is 83.0 Å². The molecule has 6 rings (SSSR count). The standard InChI is InChI=1S/C40H38ClF5N5O6PS2.C10H13F5N2/c1-39(2,60(6)54)16-15-28-9-12-30(36(48-28)33(47-23-52)19-25-17-26(42)21-27(43)18-25)31-13-14-32(41)35-37(31)50(22-40(44,45)46)49-38(35)51(59-5)34(53)20-24-7-10-29(11-8-24)57-58(55-3)56-4;1-3-17-8-6(7(16)10(13,14)15)5(2)4-9(8,11)12/h7-14,17-18,21,23,33H,19-20,22H2,1-6H3,(H,47,52);5H,3-4,16H2,1-2H3/b;7-6-,17-8?/t;5-/m.0/s1. The molecule has 77 heavy (non-hydrogen) atoms. The number of hydrogen-bond acceptors (Lipinski definition) is 11. The van der Waals surface area contributed by atoms with Crippen molar-refractivity contribution >= 4 is 77.7 Å². The number of nitrogens with one attached hydrogen (secondary N) is 1. The first-order valence-corrected chi connectivity index (χ1v) is 27.0. The van der Waals surface area contributed by atoms with E-state index in [-0.39, 0.29) is 69.2 Å². The van der Waals surface area contributed by atoms with Crippen molar-refractivity contribution in [2.24, 2.45) is 16.6 Å². The first-order chi connectivity index (χ1) is 36.0. The van der Waals surface area contributed by atoms with Gasteiger partial charge in [-0.3, -0.25) is 23.5 Å². The molecule has 2 aromatic heterocycles. The van der Waals surface area contributed by atoms with Crippen LogP contribution in [0.3, 0.4) is 0 Å². The predicted octanol–water partition coefficient (Wildman–Crippen LogP) is 11.8. The third kappa shape index (κ3) is 15.7. The number of alkyl halides is 8. The van der Waals surface area contributed by atoms with Crippen molar-refractivity contribution in [2.75, 3.05) is 37.6 Å². The van der Waals surface area contributed by atoms with Crippen LogP contribution in [0.25, 0.3) is 22.0 Å². The highest BCUT2D eigenvalue weighted by molar-refractivity contribution is 8.00. The Morgan fingerprint density at radius 1 is 1.04 bits per heavy atom. The number of halogens is 11. The van der Waals surface area contributed by atoms with E-state index in [9.17, 15) is 57.7 Å². The quantitative estimate of drug-likeness (QED) is 0.0301. The van der Waals surface area contributed by atoms with Gasteiger partial charge in [-0.15, -0.1) is 0 Å². The van der Waals surface area contributed by atoms with Crippen molar-refractivity contribution in [3.8, 4) is 28.7 Å². The Balaban J connectivity index is 0.000000546. The number of anilines is 1. The highest BCUT2D eigenvalue weighted by Crippen LogP contribution is 2.45. The number of amides is 2. The minimum absolute atomic E-state index is 0.00597. The molecule has 416 valence electrons. The second-order valence-corrected chi connectivity index (χ2v) is 21.8. The van der Waals surface area contributed by atoms with E-state index in [0.717, 1.165) is 28.4 Å². The summed E-state index contributed by atoms with van der Waals surface area (Å²) < 4.78 is 165. The van der Waals surface area contributed by atoms with E-state index in [1.54, 1.807) is 44.4 Å². The number of benzene rings is 3. The molecule has 1 fully saturated rings. The molecular weight excluding hydrogens is 1120 g/mol. The number of rotatable bonds is 17. The van der Waals surface area contributed by atoms with Gasteiger partial charge < -0.3 is 24.6 Å². The molecule has 3 atom stereocenters. The summed E-state index contributed by atoms with van der Waals surface area (Å²) in [6.45, 7) is 4.51. The molecule has 3 N–H and O–H groups in total. The topological polar surface area (TPSA) is 163 Å². The van der Waals surface area contributed by atoms with Crippen LogP contribution < -0.4 is 19.9 Å². The van der Waals surface area contributed by atoms with Gasteiger partial charge in [0.05, 0.1) is 34.1 Å². The Morgan fingerprint density at radius 3 is 2.21 bits per heavy atom. The SMILES string of the molecule is CCN=C1/C(=C(\N)C(F)(F)F)[C@@H](C)CC1(F)F.COP(OC)Oc1ccc(CC(=O)N(SC)c2nn(CC(F)(F)F)c3c(-c4ccc(C#CC(C)(C)S(C)=O)nc4C(Cc4cc(F)cc(F)c4)NC=O)ccc(Cl)c23)cc1. The van der Waals surface area contributed by atoms with Crippen LogP contribution in [0.5, 0.6) is 5.75 Å². The number of nitrogens with zero attached hydrogens (tertiary/aromatic N) is 5. The van der Waals surface area contributed by atoms with Gasteiger partial charge in [-0.1, -0.05) is 42.6 Å². The average Bonchev–Trinajstić information content (AvgIpc) is 3.84. The number of hydrogen-bond donors (Lipinski definition) is 2. The van der Waals surface area contributed by atoms with Crippen molar-refractivity contribution in [3.63, 3.8) is 0 Å². The van der Waals surface area contributed by atoms with E-state index in [1.165, 1.54) is 58.6 Å². The average molecular weight is 1170 g/mol. The molecule has 0 bridgehead atoms. The number of aliphatic imine (C=N–C) groups is 1. The maximum absolute atomic E-state index is 14.4. The highest BCUT2D eigenvalue weighted by atomic mass is 35.5. The van der Waals surface area contributed by atoms with Crippen LogP contribution in [-0.2, 0) is 48.8 Å². The zero-order chi connectivity index (χ0) is 57.4. The maximum Gasteiger partial charge on any atom is 0.431 e. The summed E-state index contributed by atoms with van der Waals surface area (Å²) in [5, 5.41) is 6.94. The van der Waals surface area contributed by atoms with Gasteiger partial charge in [0.2, 0.25) is 12.3 Å². The lowest BCUT2D eigenvalue weighted by molar-refractivity contribution is -0.141. The van der Waals surface area contributed by atoms with Crippen LogP contribution in [0.1, 0.15) is 62.7 Å². The number of carbonyl (C=O) groups excluding carboxylic acids is 2. The van der Waals surface area contributed by atoms with E-state index in [4.69, 9.17) is 35.9 Å². The Hall–Kier alpha value is -5.77. The first-order valence-electron chi connectivity index (χ1n) is 22.8. The molecule has 13 nitrogen and oxygen atoms in total. The number of carbonyl (C=O) groups is 2. The molecule has 2 amide bonds. The Kier molecular flexibility index (Phi) is 20.8. The van der Waals surface area contributed by atoms with E-state index in [1.807, 2.05) is 0 Å². The van der Waals surface area contributed by atoms with Gasteiger partial charge in [0, 0.05) is 73.3 Å². The van der Waals surface area contributed by atoms with Crippen LogP contribution in [0, 0.1) is 29.4 Å². The maximum atomic E-state index is 14.4. The number of fused-ring (bicyclic) bond motifs is 1. The minimum atomic E-state index is -4.81. The highest BCUT2D eigenvalue weighted by Gasteiger charge is 2.51. The van der Waals surface area contributed by atoms with Crippen LogP contribution in [-0.4, -0.2) is 93.3 Å². The summed E-state index contributed by atoms with van der Waals surface area (Å²) in [7, 11) is -0.146. The molecule has 2 heterocycles. The summed E-state index contributed by atoms with van der Waals surface area (Å²) in [6, 6.07) is 14.1. The number of aromatic nitrogens is 3. The third-order valence-electron chi connectivity index (χ3n) is 11.5. The summed E-state index contributed by atoms with van der Waals surface area (Å²) in [5.74, 6) is -0.508. The van der Waals surface area contributed by atoms with E-state index in [0.29, 0.717) is 28.5 Å². The van der Waals surface area contributed by atoms with Gasteiger partial charge in [0.1, 0.15) is 45.8 Å². The number of pyridine rings is 1. The molecular formula is C50H51ClF10N7O6PS2. The Morgan fingerprint density at radius 2 is 1.66 bits per heavy atom. The van der Waals surface area contributed by atoms with Crippen molar-refractivity contribution in [2.45, 2.75) is 82.6 Å². The second-order valence-electron chi connectivity index (χ2n) is 17.4. The zero-order valence-electron chi connectivity index (χ0n) is 42.3. The molecule has 0 radical (unpaired) electrons. The summed E-state index contributed by atoms with van der Waals surface area (Å²) in [6.07, 6.45) is -7.28. The lowest BCUT2D eigenvalue weighted by Crippen LogP contribution is -2.28. The van der Waals surface area contributed by atoms with E-state index < -0.39 is 102 Å². The Labute approximate surface area is 449 Å². The minimum Gasteiger partial charge on any atom is -0.427 e. The van der Waals surface area contributed by atoms with Crippen molar-refractivity contribution in [3.05, 3.63) is 117 Å². The lowest BCUT2D eigenvalue weighted by atomic mass is 9.94. The number of allylic oxidation sites excluding steroid dienone is 2. The summed E-state index contributed by atoms with van der Waals surface area (Å²) in [4.78, 5) is 34.2. The van der Waals surface area contributed by atoms with E-state index in [2.05, 4.69) is 27.2 Å². The Bertz CT molecular complexity index is 3090. The third-order valence-corrected chi connectivity index (χ3v) is 15.0. The van der Waals surface area contributed by atoms with Crippen LogP contribution >= 0.6 is 32.2 Å². The van der Waals surface area contributed by atoms with Crippen LogP contribution in [0.2, 0.25) is 5.02 Å². The van der Waals surface area contributed by atoms with Gasteiger partial charge in [-0.2, -0.15) is 40.2 Å². The van der Waals surface area contributed by atoms with Gasteiger partial charge in [0.25, 0.3) is 5.92 Å². The number of nitrogens with two attached hydrogens (primary N) is 1. The fourth-order valence-electron chi connectivity index (χ4n) is 7.89. The van der Waals surface area contributed by atoms with Gasteiger partial charge in [-0.05, 0) is 105 Å². The molecule has 0 saturated heterocycles. The molecule has 1 aliphatic carbocycles. The van der Waals surface area contributed by atoms with E-state index >= 15 is 0 Å². The molecule has 1 aliphatic rings. The largest absolute Gasteiger partial charge is 0.431 e. The molecule has 3 aromatic carbocycles. The second kappa shape index (κ2) is 25.8. The summed E-state index contributed by atoms with van der Waals surface area (Å²) in [5.41, 5.74) is 3.15. The first kappa shape index (κ1) is 62.1. The van der Waals surface area contributed by atoms with Gasteiger partial charge in [-0.25, -0.2) is 18.1 Å². The lowest BCUT2D eigenvalue weighted by Gasteiger charge is -2.21. The van der Waals surface area contributed by atoms with Crippen molar-refractivity contribution < 1.29 is 71.3 Å². The predicted molar refractivity (Wildman–Crippen MR) is 278 cm³/mol. The summed E-state index contributed by atoms with van der Waals surface area (Å²) >= 11 is 7.68. The molecule has 0 spiro atoms. The van der Waals surface area contributed by atoms with Crippen molar-refractivity contribution in [1.29, 1.82) is 0 Å².